The van der Waals surface area contributed by atoms with Crippen molar-refractivity contribution in [3.8, 4) is 0 Å². The predicted molar refractivity (Wildman–Crippen MR) is 47.8 cm³/mol. The average Bonchev–Trinajstić information content (AvgIpc) is 2.47. The van der Waals surface area contributed by atoms with Crippen molar-refractivity contribution in [1.29, 1.82) is 0 Å². The van der Waals surface area contributed by atoms with E-state index in [1.807, 2.05) is 23.1 Å². The van der Waals surface area contributed by atoms with E-state index in [9.17, 15) is 4.79 Å². The van der Waals surface area contributed by atoms with Crippen molar-refractivity contribution < 1.29 is 9.90 Å². The molecular weight excluding hydrogens is 174 g/mol. The molecule has 12 heavy (non-hydrogen) atoms. The Morgan fingerprint density at radius 2 is 2.58 bits per heavy atom. The molecule has 0 aliphatic carbocycles. The molecule has 1 fully saturated rings. The summed E-state index contributed by atoms with van der Waals surface area (Å²) in [5.74, 6) is -0.0516. The number of thioether (sulfide) groups is 1. The Hall–Kier alpha value is -0.900. The smallest absolute Gasteiger partial charge is 0.327 e. The molecule has 1 saturated heterocycles. The number of hydrogen-bond donors (Lipinski definition) is 1. The maximum Gasteiger partial charge on any atom is 0.327 e. The normalized spacial score (nSPS) is 26.8. The molecule has 0 aromatic rings. The van der Waals surface area contributed by atoms with Crippen molar-refractivity contribution in [3.05, 3.63) is 23.3 Å². The molecule has 0 aromatic heterocycles. The first-order valence-electron chi connectivity index (χ1n) is 3.78. The second kappa shape index (κ2) is 2.86. The van der Waals surface area contributed by atoms with Crippen LogP contribution in [0.15, 0.2) is 23.3 Å². The van der Waals surface area contributed by atoms with Crippen LogP contribution < -0.4 is 0 Å². The number of allylic oxidation sites excluding steroid dienone is 2. The fourth-order valence-corrected chi connectivity index (χ4v) is 2.57. The Balaban J connectivity index is 2.20. The Morgan fingerprint density at radius 3 is 3.33 bits per heavy atom. The highest BCUT2D eigenvalue weighted by Gasteiger charge is 2.33. The molecule has 1 unspecified atom stereocenters. The number of nitrogens with zero attached hydrogens (tertiary/aromatic N) is 1. The van der Waals surface area contributed by atoms with E-state index in [0.29, 0.717) is 5.75 Å². The van der Waals surface area contributed by atoms with E-state index < -0.39 is 5.97 Å². The van der Waals surface area contributed by atoms with E-state index >= 15 is 0 Å². The highest BCUT2D eigenvalue weighted by Crippen LogP contribution is 2.33. The van der Waals surface area contributed by atoms with Crippen molar-refractivity contribution in [3.63, 3.8) is 0 Å². The van der Waals surface area contributed by atoms with Crippen LogP contribution in [0.3, 0.4) is 0 Å². The first kappa shape index (κ1) is 7.73. The first-order valence-corrected chi connectivity index (χ1v) is 4.76. The molecule has 0 aromatic carbocycles. The van der Waals surface area contributed by atoms with Crippen molar-refractivity contribution in [1.82, 2.24) is 4.90 Å². The standard InChI is InChI=1S/C8H9NO2S/c10-8(11)6-5-12-7-3-1-2-4-9(6)7/h1-3,6H,4-5H2,(H,10,11). The number of carboxylic acid groups (broad SMARTS) is 1. The predicted octanol–water partition coefficient (Wildman–Crippen LogP) is 0.900. The van der Waals surface area contributed by atoms with Gasteiger partial charge in [-0.2, -0.15) is 0 Å². The van der Waals surface area contributed by atoms with E-state index in [-0.39, 0.29) is 6.04 Å². The van der Waals surface area contributed by atoms with Gasteiger partial charge in [0.15, 0.2) is 0 Å². The number of carboxylic acids is 1. The van der Waals surface area contributed by atoms with E-state index in [2.05, 4.69) is 0 Å². The van der Waals surface area contributed by atoms with Crippen LogP contribution in [0, 0.1) is 0 Å². The van der Waals surface area contributed by atoms with Gasteiger partial charge in [0.1, 0.15) is 6.04 Å². The van der Waals surface area contributed by atoms with Crippen molar-refractivity contribution >= 4 is 17.7 Å². The SMILES string of the molecule is O=C(O)C1CSC2=CC=CCN21. The van der Waals surface area contributed by atoms with Gasteiger partial charge in [-0.1, -0.05) is 12.2 Å². The number of carbonyl (C=O) groups is 1. The third-order valence-corrected chi connectivity index (χ3v) is 3.16. The van der Waals surface area contributed by atoms with Crippen LogP contribution in [-0.2, 0) is 4.79 Å². The van der Waals surface area contributed by atoms with E-state index in [1.165, 1.54) is 0 Å². The molecule has 0 amide bonds. The second-order valence-corrected chi connectivity index (χ2v) is 3.79. The lowest BCUT2D eigenvalue weighted by Gasteiger charge is -2.23. The summed E-state index contributed by atoms with van der Waals surface area (Å²) in [6.45, 7) is 0.732. The van der Waals surface area contributed by atoms with E-state index in [0.717, 1.165) is 11.6 Å². The zero-order chi connectivity index (χ0) is 8.55. The number of hydrogen-bond acceptors (Lipinski definition) is 3. The summed E-state index contributed by atoms with van der Waals surface area (Å²) in [7, 11) is 0. The van der Waals surface area contributed by atoms with Gasteiger partial charge in [0, 0.05) is 12.3 Å². The molecule has 2 rings (SSSR count). The number of aliphatic carboxylic acids is 1. The van der Waals surface area contributed by atoms with Crippen LogP contribution in [0.2, 0.25) is 0 Å². The van der Waals surface area contributed by atoms with Crippen LogP contribution in [0.25, 0.3) is 0 Å². The van der Waals surface area contributed by atoms with Crippen molar-refractivity contribution in [2.24, 2.45) is 0 Å². The molecule has 1 atom stereocenters. The van der Waals surface area contributed by atoms with E-state index in [1.54, 1.807) is 11.8 Å². The lowest BCUT2D eigenvalue weighted by molar-refractivity contribution is -0.141. The van der Waals surface area contributed by atoms with Crippen LogP contribution in [0.4, 0.5) is 0 Å². The third-order valence-electron chi connectivity index (χ3n) is 2.01. The van der Waals surface area contributed by atoms with Gasteiger partial charge in [-0.25, -0.2) is 4.79 Å². The van der Waals surface area contributed by atoms with Crippen molar-refractivity contribution in [2.75, 3.05) is 12.3 Å². The molecule has 1 N–H and O–H groups in total. The monoisotopic (exact) mass is 183 g/mol. The van der Waals surface area contributed by atoms with Gasteiger partial charge in [0.2, 0.25) is 0 Å². The van der Waals surface area contributed by atoms with Gasteiger partial charge in [0.05, 0.1) is 5.03 Å². The molecule has 0 spiro atoms. The van der Waals surface area contributed by atoms with E-state index in [4.69, 9.17) is 5.11 Å². The summed E-state index contributed by atoms with van der Waals surface area (Å²) >= 11 is 1.62. The molecule has 4 heteroatoms. The maximum absolute atomic E-state index is 10.8. The third kappa shape index (κ3) is 1.12. The highest BCUT2D eigenvalue weighted by molar-refractivity contribution is 8.03. The topological polar surface area (TPSA) is 40.5 Å². The van der Waals surface area contributed by atoms with Crippen molar-refractivity contribution in [2.45, 2.75) is 6.04 Å². The molecule has 64 valence electrons. The number of fused-ring (bicyclic) bond motifs is 1. The Labute approximate surface area is 74.7 Å². The summed E-state index contributed by atoms with van der Waals surface area (Å²) in [5, 5.41) is 9.93. The highest BCUT2D eigenvalue weighted by atomic mass is 32.2. The zero-order valence-electron chi connectivity index (χ0n) is 6.43. The molecule has 2 heterocycles. The molecule has 0 radical (unpaired) electrons. The van der Waals surface area contributed by atoms with Gasteiger partial charge in [-0.05, 0) is 6.08 Å². The number of rotatable bonds is 1. The molecule has 2 aliphatic rings. The average molecular weight is 183 g/mol. The lowest BCUT2D eigenvalue weighted by atomic mass is 10.2. The van der Waals surface area contributed by atoms with Gasteiger partial charge in [-0.15, -0.1) is 11.8 Å². The summed E-state index contributed by atoms with van der Waals surface area (Å²) in [6, 6.07) is -0.328. The largest absolute Gasteiger partial charge is 0.480 e. The minimum Gasteiger partial charge on any atom is -0.480 e. The van der Waals surface area contributed by atoms with Gasteiger partial charge in [-0.3, -0.25) is 0 Å². The van der Waals surface area contributed by atoms with Crippen LogP contribution in [-0.4, -0.2) is 34.3 Å². The fourth-order valence-electron chi connectivity index (χ4n) is 1.38. The summed E-state index contributed by atoms with van der Waals surface area (Å²) in [6.07, 6.45) is 5.92. The zero-order valence-corrected chi connectivity index (χ0v) is 7.25. The Bertz CT molecular complexity index is 272. The summed E-state index contributed by atoms with van der Waals surface area (Å²) in [5.41, 5.74) is 0. The second-order valence-electron chi connectivity index (χ2n) is 2.75. The molecule has 3 nitrogen and oxygen atoms in total. The molecular formula is C8H9NO2S. The summed E-state index contributed by atoms with van der Waals surface area (Å²) in [4.78, 5) is 12.7. The minimum atomic E-state index is -0.721. The van der Waals surface area contributed by atoms with Gasteiger partial charge < -0.3 is 10.0 Å². The molecule has 2 aliphatic heterocycles. The summed E-state index contributed by atoms with van der Waals surface area (Å²) < 4.78 is 0. The Kier molecular flexibility index (Phi) is 1.84. The fraction of sp³-hybridized carbons (Fsp3) is 0.375. The first-order chi connectivity index (χ1) is 5.79. The molecule has 0 saturated carbocycles. The lowest BCUT2D eigenvalue weighted by Crippen LogP contribution is -2.37. The Morgan fingerprint density at radius 1 is 1.75 bits per heavy atom. The van der Waals surface area contributed by atoms with Crippen LogP contribution in [0.1, 0.15) is 0 Å². The minimum absolute atomic E-state index is 0.328. The molecule has 0 bridgehead atoms. The van der Waals surface area contributed by atoms with Crippen LogP contribution in [0.5, 0.6) is 0 Å². The van der Waals surface area contributed by atoms with Gasteiger partial charge >= 0.3 is 5.97 Å². The van der Waals surface area contributed by atoms with Crippen LogP contribution >= 0.6 is 11.8 Å². The quantitative estimate of drug-likeness (QED) is 0.655. The maximum atomic E-state index is 10.8. The van der Waals surface area contributed by atoms with Gasteiger partial charge in [0.25, 0.3) is 0 Å².